The highest BCUT2D eigenvalue weighted by atomic mass is 32.1. The molecule has 0 saturated heterocycles. The molecule has 6 nitrogen and oxygen atoms in total. The van der Waals surface area contributed by atoms with Gasteiger partial charge in [-0.3, -0.25) is 14.3 Å². The van der Waals surface area contributed by atoms with E-state index in [4.69, 9.17) is 10.5 Å². The molecule has 0 spiro atoms. The molecule has 0 saturated carbocycles. The fourth-order valence-corrected chi connectivity index (χ4v) is 3.50. The zero-order valence-electron chi connectivity index (χ0n) is 13.4. The fraction of sp³-hybridized carbons (Fsp3) is 0.0556. The summed E-state index contributed by atoms with van der Waals surface area (Å²) in [6.45, 7) is -0.00460. The average molecular weight is 368 g/mol. The van der Waals surface area contributed by atoms with Crippen molar-refractivity contribution in [1.29, 1.82) is 0 Å². The number of rotatable bonds is 5. The molecule has 4 rings (SSSR count). The minimum Gasteiger partial charge on any atom is -0.487 e. The van der Waals surface area contributed by atoms with E-state index in [-0.39, 0.29) is 17.3 Å². The third kappa shape index (κ3) is 2.91. The van der Waals surface area contributed by atoms with E-state index in [0.29, 0.717) is 16.3 Å². The van der Waals surface area contributed by atoms with E-state index in [2.05, 4.69) is 9.97 Å². The van der Waals surface area contributed by atoms with E-state index in [1.165, 1.54) is 17.4 Å². The van der Waals surface area contributed by atoms with Crippen molar-refractivity contribution < 1.29 is 13.9 Å². The average Bonchev–Trinajstić information content (AvgIpc) is 3.25. The number of benzene rings is 1. The van der Waals surface area contributed by atoms with Gasteiger partial charge in [-0.15, -0.1) is 11.3 Å². The van der Waals surface area contributed by atoms with Crippen LogP contribution in [0.15, 0.2) is 55.1 Å². The van der Waals surface area contributed by atoms with Crippen molar-refractivity contribution in [3.8, 4) is 10.8 Å². The molecule has 0 radical (unpaired) electrons. The van der Waals surface area contributed by atoms with Crippen LogP contribution in [0.2, 0.25) is 0 Å². The summed E-state index contributed by atoms with van der Waals surface area (Å²) >= 11 is 1.18. The van der Waals surface area contributed by atoms with E-state index in [1.807, 2.05) is 0 Å². The molecule has 0 atom stereocenters. The lowest BCUT2D eigenvalue weighted by atomic mass is 10.2. The number of carbonyl (C=O) groups is 1. The zero-order valence-corrected chi connectivity index (χ0v) is 14.2. The smallest absolute Gasteiger partial charge is 0.262 e. The summed E-state index contributed by atoms with van der Waals surface area (Å²) in [5.74, 6) is -0.658. The lowest BCUT2D eigenvalue weighted by molar-refractivity contribution is 0.1000. The molecule has 0 aliphatic rings. The van der Waals surface area contributed by atoms with Gasteiger partial charge in [-0.25, -0.2) is 9.37 Å². The second-order valence-electron chi connectivity index (χ2n) is 5.50. The highest BCUT2D eigenvalue weighted by molar-refractivity contribution is 7.16. The van der Waals surface area contributed by atoms with Gasteiger partial charge in [-0.05, 0) is 12.1 Å². The Morgan fingerprint density at radius 2 is 2.15 bits per heavy atom. The zero-order chi connectivity index (χ0) is 18.1. The maximum Gasteiger partial charge on any atom is 0.262 e. The Kier molecular flexibility index (Phi) is 4.10. The molecule has 0 aliphatic heterocycles. The molecule has 4 aromatic rings. The second-order valence-corrected chi connectivity index (χ2v) is 6.53. The highest BCUT2D eigenvalue weighted by Crippen LogP contribution is 2.33. The predicted molar refractivity (Wildman–Crippen MR) is 96.0 cm³/mol. The number of fused-ring (bicyclic) bond motifs is 1. The standard InChI is InChI=1S/C18H13FN4O2S/c19-12-4-2-1-3-11(12)9-25-15-7-16(26-17(15)18(20)24)23-10-22-13-5-6-21-8-14(13)23/h1-8,10H,9H2,(H2,20,24). The Balaban J connectivity index is 1.69. The molecule has 130 valence electrons. The maximum atomic E-state index is 13.8. The van der Waals surface area contributed by atoms with E-state index in [9.17, 15) is 9.18 Å². The van der Waals surface area contributed by atoms with Crippen LogP contribution >= 0.6 is 11.3 Å². The first-order valence-electron chi connectivity index (χ1n) is 7.71. The number of thiophene rings is 1. The molecule has 26 heavy (non-hydrogen) atoms. The molecule has 3 aromatic heterocycles. The quantitative estimate of drug-likeness (QED) is 0.586. The van der Waals surface area contributed by atoms with E-state index in [1.54, 1.807) is 53.6 Å². The number of ether oxygens (including phenoxy) is 1. The van der Waals surface area contributed by atoms with Gasteiger partial charge < -0.3 is 10.5 Å². The number of hydrogen-bond donors (Lipinski definition) is 1. The number of nitrogens with zero attached hydrogens (tertiary/aromatic N) is 3. The van der Waals surface area contributed by atoms with Gasteiger partial charge in [0.2, 0.25) is 0 Å². The monoisotopic (exact) mass is 368 g/mol. The van der Waals surface area contributed by atoms with Crippen LogP contribution in [-0.2, 0) is 6.61 Å². The number of primary amides is 1. The third-order valence-electron chi connectivity index (χ3n) is 3.84. The van der Waals surface area contributed by atoms with Crippen LogP contribution in [0, 0.1) is 5.82 Å². The van der Waals surface area contributed by atoms with Crippen molar-refractivity contribution in [2.75, 3.05) is 0 Å². The van der Waals surface area contributed by atoms with Crippen LogP contribution in [-0.4, -0.2) is 20.4 Å². The van der Waals surface area contributed by atoms with Crippen molar-refractivity contribution in [1.82, 2.24) is 14.5 Å². The Hall–Kier alpha value is -3.26. The number of halogens is 1. The van der Waals surface area contributed by atoms with Crippen molar-refractivity contribution in [3.63, 3.8) is 0 Å². The van der Waals surface area contributed by atoms with Crippen LogP contribution < -0.4 is 10.5 Å². The van der Waals surface area contributed by atoms with Crippen LogP contribution in [0.25, 0.3) is 16.0 Å². The first-order valence-corrected chi connectivity index (χ1v) is 8.52. The molecule has 0 bridgehead atoms. The van der Waals surface area contributed by atoms with E-state index >= 15 is 0 Å². The lowest BCUT2D eigenvalue weighted by Crippen LogP contribution is -2.10. The summed E-state index contributed by atoms with van der Waals surface area (Å²) in [5.41, 5.74) is 7.45. The predicted octanol–water partition coefficient (Wildman–Crippen LogP) is 3.30. The summed E-state index contributed by atoms with van der Waals surface area (Å²) in [6, 6.07) is 9.80. The molecule has 1 aromatic carbocycles. The summed E-state index contributed by atoms with van der Waals surface area (Å²) < 4.78 is 21.2. The van der Waals surface area contributed by atoms with Gasteiger partial charge in [0.15, 0.2) is 0 Å². The number of imidazole rings is 1. The second kappa shape index (κ2) is 6.57. The van der Waals surface area contributed by atoms with Gasteiger partial charge in [-0.1, -0.05) is 18.2 Å². The molecule has 0 aliphatic carbocycles. The highest BCUT2D eigenvalue weighted by Gasteiger charge is 2.18. The minimum atomic E-state index is -0.604. The number of hydrogen-bond acceptors (Lipinski definition) is 5. The number of aromatic nitrogens is 3. The van der Waals surface area contributed by atoms with Crippen LogP contribution in [0.3, 0.4) is 0 Å². The third-order valence-corrected chi connectivity index (χ3v) is 4.97. The molecule has 0 unspecified atom stereocenters. The maximum absolute atomic E-state index is 13.8. The Morgan fingerprint density at radius 1 is 1.31 bits per heavy atom. The van der Waals surface area contributed by atoms with Gasteiger partial charge >= 0.3 is 0 Å². The van der Waals surface area contributed by atoms with E-state index < -0.39 is 5.91 Å². The summed E-state index contributed by atoms with van der Waals surface area (Å²) in [5, 5.41) is 0.706. The normalized spacial score (nSPS) is 11.0. The van der Waals surface area contributed by atoms with Gasteiger partial charge in [0.25, 0.3) is 5.91 Å². The Labute approximate surface area is 151 Å². The van der Waals surface area contributed by atoms with Gasteiger partial charge in [0.05, 0.1) is 17.2 Å². The first-order chi connectivity index (χ1) is 12.6. The van der Waals surface area contributed by atoms with Crippen molar-refractivity contribution >= 4 is 28.3 Å². The van der Waals surface area contributed by atoms with E-state index in [0.717, 1.165) is 11.0 Å². The number of amides is 1. The number of pyridine rings is 1. The number of carbonyl (C=O) groups excluding carboxylic acids is 1. The minimum absolute atomic E-state index is 0.00460. The molecular weight excluding hydrogens is 355 g/mol. The number of nitrogens with two attached hydrogens (primary N) is 1. The lowest BCUT2D eigenvalue weighted by Gasteiger charge is -2.06. The van der Waals surface area contributed by atoms with Crippen LogP contribution in [0.4, 0.5) is 4.39 Å². The van der Waals surface area contributed by atoms with Crippen molar-refractivity contribution in [2.45, 2.75) is 6.61 Å². The topological polar surface area (TPSA) is 83.0 Å². The van der Waals surface area contributed by atoms with Crippen molar-refractivity contribution in [2.24, 2.45) is 5.73 Å². The SMILES string of the molecule is NC(=O)c1sc(-n2cnc3ccncc32)cc1OCc1ccccc1F. The van der Waals surface area contributed by atoms with Crippen LogP contribution in [0.5, 0.6) is 5.75 Å². The molecule has 8 heteroatoms. The molecule has 0 fully saturated rings. The van der Waals surface area contributed by atoms with Gasteiger partial charge in [0, 0.05) is 17.8 Å². The van der Waals surface area contributed by atoms with Gasteiger partial charge in [-0.2, -0.15) is 0 Å². The molecule has 1 amide bonds. The molecular formula is C18H13FN4O2S. The summed E-state index contributed by atoms with van der Waals surface area (Å²) in [7, 11) is 0. The summed E-state index contributed by atoms with van der Waals surface area (Å²) in [4.78, 5) is 20.5. The van der Waals surface area contributed by atoms with Crippen LogP contribution in [0.1, 0.15) is 15.2 Å². The summed E-state index contributed by atoms with van der Waals surface area (Å²) in [6.07, 6.45) is 4.99. The molecule has 3 heterocycles. The fourth-order valence-electron chi connectivity index (χ4n) is 2.56. The van der Waals surface area contributed by atoms with Crippen molar-refractivity contribution in [3.05, 3.63) is 71.4 Å². The van der Waals surface area contributed by atoms with Gasteiger partial charge in [0.1, 0.15) is 34.4 Å². The Bertz CT molecular complexity index is 1110. The largest absolute Gasteiger partial charge is 0.487 e. The Morgan fingerprint density at radius 3 is 2.96 bits per heavy atom. The first kappa shape index (κ1) is 16.2. The molecule has 2 N–H and O–H groups in total.